The molecule has 2 N–H and O–H groups in total. The molecule has 1 aromatic rings. The van der Waals surface area contributed by atoms with Gasteiger partial charge in [0.2, 0.25) is 5.91 Å². The van der Waals surface area contributed by atoms with Gasteiger partial charge in [0.1, 0.15) is 17.6 Å². The second-order valence-corrected chi connectivity index (χ2v) is 3.39. The zero-order valence-electron chi connectivity index (χ0n) is 9.30. The number of halogens is 3. The van der Waals surface area contributed by atoms with Crippen LogP contribution in [0, 0.1) is 0 Å². The van der Waals surface area contributed by atoms with Crippen molar-refractivity contribution in [1.29, 1.82) is 0 Å². The Bertz CT molecular complexity index is 406. The van der Waals surface area contributed by atoms with Gasteiger partial charge in [0.05, 0.1) is 0 Å². The number of nitrogens with zero attached hydrogens (tertiary/aromatic N) is 1. The number of rotatable bonds is 3. The maximum absolute atomic E-state index is 12.4. The molecule has 0 aromatic carbocycles. The zero-order valence-corrected chi connectivity index (χ0v) is 9.30. The fraction of sp³-hybridized carbons (Fsp3) is 0.400. The third-order valence-electron chi connectivity index (χ3n) is 2.04. The molecule has 1 amide bonds. The van der Waals surface area contributed by atoms with Crippen molar-refractivity contribution >= 4 is 11.7 Å². The predicted molar refractivity (Wildman–Crippen MR) is 56.4 cm³/mol. The summed E-state index contributed by atoms with van der Waals surface area (Å²) in [5.41, 5.74) is -0.994. The molecule has 0 aliphatic rings. The summed E-state index contributed by atoms with van der Waals surface area (Å²) in [6.07, 6.45) is -4.49. The van der Waals surface area contributed by atoms with E-state index in [-0.39, 0.29) is 11.7 Å². The van der Waals surface area contributed by atoms with Crippen LogP contribution in [0.3, 0.4) is 0 Å². The Morgan fingerprint density at radius 3 is 2.59 bits per heavy atom. The van der Waals surface area contributed by atoms with Crippen molar-refractivity contribution in [3.05, 3.63) is 23.9 Å². The predicted octanol–water partition coefficient (Wildman–Crippen LogP) is 1.65. The highest BCUT2D eigenvalue weighted by Gasteiger charge is 2.32. The van der Waals surface area contributed by atoms with Gasteiger partial charge in [0.15, 0.2) is 0 Å². The van der Waals surface area contributed by atoms with Crippen LogP contribution in [-0.4, -0.2) is 24.0 Å². The van der Waals surface area contributed by atoms with Crippen molar-refractivity contribution in [2.45, 2.75) is 19.1 Å². The van der Waals surface area contributed by atoms with Crippen molar-refractivity contribution in [1.82, 2.24) is 10.3 Å². The average molecular weight is 247 g/mol. The van der Waals surface area contributed by atoms with Crippen molar-refractivity contribution in [3.8, 4) is 0 Å². The topological polar surface area (TPSA) is 54.0 Å². The van der Waals surface area contributed by atoms with Crippen LogP contribution in [0.25, 0.3) is 0 Å². The van der Waals surface area contributed by atoms with Crippen LogP contribution in [0.2, 0.25) is 0 Å². The highest BCUT2D eigenvalue weighted by Crippen LogP contribution is 2.28. The van der Waals surface area contributed by atoms with E-state index in [1.54, 1.807) is 0 Å². The lowest BCUT2D eigenvalue weighted by Crippen LogP contribution is -2.35. The number of likely N-dealkylation sites (N-methyl/N-ethyl adjacent to an activating group) is 1. The molecule has 0 bridgehead atoms. The molecule has 17 heavy (non-hydrogen) atoms. The summed E-state index contributed by atoms with van der Waals surface area (Å²) >= 11 is 0. The molecule has 0 radical (unpaired) electrons. The minimum Gasteiger partial charge on any atom is -0.359 e. The molecule has 1 aromatic heterocycles. The van der Waals surface area contributed by atoms with Gasteiger partial charge in [-0.3, -0.25) is 4.79 Å². The number of anilines is 1. The maximum atomic E-state index is 12.4. The van der Waals surface area contributed by atoms with Gasteiger partial charge >= 0.3 is 6.18 Å². The van der Waals surface area contributed by atoms with Crippen LogP contribution in [0.5, 0.6) is 0 Å². The van der Waals surface area contributed by atoms with E-state index in [4.69, 9.17) is 0 Å². The lowest BCUT2D eigenvalue weighted by atomic mass is 10.3. The summed E-state index contributed by atoms with van der Waals surface area (Å²) in [5, 5.41) is 4.96. The molecular weight excluding hydrogens is 235 g/mol. The Labute approximate surface area is 96.2 Å². The normalized spacial score (nSPS) is 13.0. The monoisotopic (exact) mass is 247 g/mol. The fourth-order valence-electron chi connectivity index (χ4n) is 1.18. The van der Waals surface area contributed by atoms with E-state index in [1.165, 1.54) is 26.1 Å². The van der Waals surface area contributed by atoms with Gasteiger partial charge in [0.25, 0.3) is 0 Å². The Balaban J connectivity index is 2.83. The Morgan fingerprint density at radius 2 is 2.06 bits per heavy atom. The molecule has 4 nitrogen and oxygen atoms in total. The van der Waals surface area contributed by atoms with Crippen molar-refractivity contribution < 1.29 is 18.0 Å². The number of alkyl halides is 3. The van der Waals surface area contributed by atoms with E-state index in [0.29, 0.717) is 0 Å². The minimum atomic E-state index is -4.49. The SMILES string of the molecule is CNC(=O)C(C)Nc1cccc(C(F)(F)F)n1. The van der Waals surface area contributed by atoms with Crippen LogP contribution in [-0.2, 0) is 11.0 Å². The van der Waals surface area contributed by atoms with Crippen molar-refractivity contribution in [2.75, 3.05) is 12.4 Å². The lowest BCUT2D eigenvalue weighted by molar-refractivity contribution is -0.141. The third-order valence-corrected chi connectivity index (χ3v) is 2.04. The van der Waals surface area contributed by atoms with E-state index in [2.05, 4.69) is 15.6 Å². The standard InChI is InChI=1S/C10H12F3N3O/c1-6(9(17)14-2)15-8-5-3-4-7(16-8)10(11,12)13/h3-6H,1-2H3,(H,14,17)(H,15,16). The highest BCUT2D eigenvalue weighted by atomic mass is 19.4. The molecular formula is C10H12F3N3O. The van der Waals surface area contributed by atoms with Gasteiger partial charge in [-0.2, -0.15) is 13.2 Å². The molecule has 94 valence electrons. The Hall–Kier alpha value is -1.79. The quantitative estimate of drug-likeness (QED) is 0.853. The van der Waals surface area contributed by atoms with Gasteiger partial charge < -0.3 is 10.6 Å². The van der Waals surface area contributed by atoms with Gasteiger partial charge in [-0.05, 0) is 19.1 Å². The molecule has 7 heteroatoms. The number of carbonyl (C=O) groups excluding carboxylic acids is 1. The Kier molecular flexibility index (Phi) is 3.93. The van der Waals surface area contributed by atoms with E-state index >= 15 is 0 Å². The number of amides is 1. The largest absolute Gasteiger partial charge is 0.433 e. The number of pyridine rings is 1. The van der Waals surface area contributed by atoms with E-state index < -0.39 is 17.9 Å². The number of hydrogen-bond acceptors (Lipinski definition) is 3. The van der Waals surface area contributed by atoms with Gasteiger partial charge in [-0.15, -0.1) is 0 Å². The summed E-state index contributed by atoms with van der Waals surface area (Å²) in [7, 11) is 1.44. The molecule has 0 fully saturated rings. The third kappa shape index (κ3) is 3.61. The van der Waals surface area contributed by atoms with E-state index in [1.807, 2.05) is 0 Å². The fourth-order valence-corrected chi connectivity index (χ4v) is 1.18. The summed E-state index contributed by atoms with van der Waals surface area (Å²) in [5.74, 6) is -0.319. The number of carbonyl (C=O) groups is 1. The van der Waals surface area contributed by atoms with E-state index in [9.17, 15) is 18.0 Å². The van der Waals surface area contributed by atoms with Crippen LogP contribution in [0.4, 0.5) is 19.0 Å². The van der Waals surface area contributed by atoms with Crippen molar-refractivity contribution in [3.63, 3.8) is 0 Å². The number of nitrogens with one attached hydrogen (secondary N) is 2. The molecule has 1 rings (SSSR count). The minimum absolute atomic E-state index is 0.0101. The first-order valence-corrected chi connectivity index (χ1v) is 4.87. The summed E-state index contributed by atoms with van der Waals surface area (Å²) in [6, 6.07) is 2.81. The van der Waals surface area contributed by atoms with Crippen LogP contribution in [0.1, 0.15) is 12.6 Å². The molecule has 0 saturated carbocycles. The van der Waals surface area contributed by atoms with Gasteiger partial charge in [-0.1, -0.05) is 6.07 Å². The first kappa shape index (κ1) is 13.3. The number of hydrogen-bond donors (Lipinski definition) is 2. The molecule has 1 heterocycles. The number of aromatic nitrogens is 1. The first-order chi connectivity index (χ1) is 7.84. The van der Waals surface area contributed by atoms with E-state index in [0.717, 1.165) is 6.07 Å². The zero-order chi connectivity index (χ0) is 13.1. The maximum Gasteiger partial charge on any atom is 0.433 e. The van der Waals surface area contributed by atoms with Gasteiger partial charge in [-0.25, -0.2) is 4.98 Å². The molecule has 0 saturated heterocycles. The lowest BCUT2D eigenvalue weighted by Gasteiger charge is -2.14. The molecule has 1 unspecified atom stereocenters. The molecule has 0 aliphatic carbocycles. The summed E-state index contributed by atoms with van der Waals surface area (Å²) in [6.45, 7) is 1.53. The smallest absolute Gasteiger partial charge is 0.359 e. The molecule has 1 atom stereocenters. The molecule has 0 aliphatic heterocycles. The average Bonchev–Trinajstić information content (AvgIpc) is 2.27. The van der Waals surface area contributed by atoms with Gasteiger partial charge in [0, 0.05) is 7.05 Å². The summed E-state index contributed by atoms with van der Waals surface area (Å²) < 4.78 is 37.1. The molecule has 0 spiro atoms. The second-order valence-electron chi connectivity index (χ2n) is 3.39. The van der Waals surface area contributed by atoms with Crippen molar-refractivity contribution in [2.24, 2.45) is 0 Å². The Morgan fingerprint density at radius 1 is 1.41 bits per heavy atom. The van der Waals surface area contributed by atoms with Crippen LogP contribution >= 0.6 is 0 Å². The van der Waals surface area contributed by atoms with Crippen LogP contribution < -0.4 is 10.6 Å². The first-order valence-electron chi connectivity index (χ1n) is 4.87. The highest BCUT2D eigenvalue weighted by molar-refractivity contribution is 5.83. The second kappa shape index (κ2) is 5.03. The summed E-state index contributed by atoms with van der Waals surface area (Å²) in [4.78, 5) is 14.6. The van der Waals surface area contributed by atoms with Crippen LogP contribution in [0.15, 0.2) is 18.2 Å².